The van der Waals surface area contributed by atoms with Crippen molar-refractivity contribution < 1.29 is 20.4 Å². The Balaban J connectivity index is -0.000000877. The minimum Gasteiger partial charge on any atom is -0.395 e. The van der Waals surface area contributed by atoms with Crippen molar-refractivity contribution in [1.29, 1.82) is 0 Å². The van der Waals surface area contributed by atoms with Crippen molar-refractivity contribution in [3.8, 4) is 0 Å². The molecule has 0 spiro atoms. The zero-order valence-corrected chi connectivity index (χ0v) is 57.4. The number of aliphatic hydroxyl groups is 4. The molecule has 1 unspecified atom stereocenters. The average Bonchev–Trinajstić information content (AvgIpc) is 3.82. The van der Waals surface area contributed by atoms with Gasteiger partial charge in [-0.05, 0) is 197 Å². The summed E-state index contributed by atoms with van der Waals surface area (Å²) in [5.74, 6) is 6.63. The number of rotatable bonds is 28. The number of nitrogens with zero attached hydrogens (tertiary/aromatic N) is 8. The highest BCUT2D eigenvalue weighted by atomic mass is 16.3. The van der Waals surface area contributed by atoms with Gasteiger partial charge in [0.1, 0.15) is 0 Å². The molecule has 5 fully saturated rings. The van der Waals surface area contributed by atoms with Gasteiger partial charge < -0.3 is 60.0 Å². The quantitative estimate of drug-likeness (QED) is 0.0512. The molecule has 5 heterocycles. The summed E-state index contributed by atoms with van der Waals surface area (Å²) in [6, 6.07) is 0. The van der Waals surface area contributed by atoms with Gasteiger partial charge in [0, 0.05) is 98.2 Å². The van der Waals surface area contributed by atoms with Crippen molar-refractivity contribution in [3.05, 3.63) is 0 Å². The van der Waals surface area contributed by atoms with E-state index in [4.69, 9.17) is 15.3 Å². The van der Waals surface area contributed by atoms with Crippen LogP contribution in [0.3, 0.4) is 0 Å². The number of nitrogens with one attached hydrogen (secondary N) is 1. The smallest absolute Gasteiger partial charge is 0.0793 e. The molecule has 13 nitrogen and oxygen atoms in total. The second-order valence-corrected chi connectivity index (χ2v) is 28.2. The van der Waals surface area contributed by atoms with Gasteiger partial charge in [0.2, 0.25) is 0 Å². The van der Waals surface area contributed by atoms with Crippen LogP contribution in [0.1, 0.15) is 203 Å². The summed E-state index contributed by atoms with van der Waals surface area (Å²) in [4.78, 5) is 19.6. The molecule has 492 valence electrons. The fourth-order valence-electron chi connectivity index (χ4n) is 9.68. The fraction of sp³-hybridized carbons (Fsp3) is 1.00. The van der Waals surface area contributed by atoms with E-state index < -0.39 is 5.60 Å². The SMILES string of the molecule is C.CC(C)CCN(C)CCO.CC(C)CCN1CC(O)C1.CC(C)CCN1CCC(C)(O)CC1.CC(C)CCN1CCC(C)C1.CC(C)CCN1CCNCC1.CCCN1CCN(CCC(C)C)CC1.CCN(CCO)CCC(C)C. The molecule has 0 aromatic heterocycles. The highest BCUT2D eigenvalue weighted by Gasteiger charge is 2.27. The maximum absolute atomic E-state index is 9.74. The Morgan fingerprint density at radius 3 is 1.20 bits per heavy atom. The van der Waals surface area contributed by atoms with Crippen LogP contribution in [-0.4, -0.2) is 255 Å². The molecule has 1 atom stereocenters. The predicted octanol–water partition coefficient (Wildman–Crippen LogP) is 10.9. The number of aliphatic hydroxyl groups excluding tert-OH is 3. The number of likely N-dealkylation sites (tertiary alicyclic amines) is 3. The van der Waals surface area contributed by atoms with Gasteiger partial charge in [0.25, 0.3) is 0 Å². The maximum atomic E-state index is 9.74. The maximum Gasteiger partial charge on any atom is 0.0793 e. The Labute approximate surface area is 508 Å². The number of hydrogen-bond acceptors (Lipinski definition) is 13. The van der Waals surface area contributed by atoms with Crippen LogP contribution in [0.4, 0.5) is 0 Å². The van der Waals surface area contributed by atoms with Crippen LogP contribution in [0, 0.1) is 47.3 Å². The molecule has 13 heteroatoms. The van der Waals surface area contributed by atoms with E-state index in [0.717, 1.165) is 126 Å². The first-order valence-corrected chi connectivity index (χ1v) is 33.8. The van der Waals surface area contributed by atoms with Gasteiger partial charge in [0.05, 0.1) is 24.9 Å². The van der Waals surface area contributed by atoms with Gasteiger partial charge in [0.15, 0.2) is 0 Å². The van der Waals surface area contributed by atoms with Crippen LogP contribution in [0.5, 0.6) is 0 Å². The molecule has 5 aliphatic heterocycles. The number of piperazine rings is 2. The van der Waals surface area contributed by atoms with Crippen molar-refractivity contribution in [2.45, 2.75) is 214 Å². The Hall–Kier alpha value is -0.520. The van der Waals surface area contributed by atoms with E-state index in [1.807, 2.05) is 14.0 Å². The van der Waals surface area contributed by atoms with E-state index in [0.29, 0.717) is 0 Å². The summed E-state index contributed by atoms with van der Waals surface area (Å²) in [5, 5.41) is 39.3. The molecule has 0 radical (unpaired) electrons. The molecule has 0 saturated carbocycles. The second-order valence-electron chi connectivity index (χ2n) is 28.2. The standard InChI is InChI=1S/C12H26N2.C11H23NO.C10H21N.C9H20N2.C9H21NO.C8H17NO.C8H19NO.CH4/c1-4-6-13-8-10-14(11-9-13)7-5-12(2)3;1-10(2)4-7-12-8-5-11(3,13)6-9-12;1-9(2)4-6-11-7-5-10(3)8-11;1-9(2)3-6-11-7-4-10-5-8-11;1-4-10(7-8-11)6-5-9(2)3;1-7(2)3-4-9-5-8(10)6-9;1-8(2)4-5-9(3)6-7-10;/h12H,4-11H2,1-3H3;10,13H,4-9H2,1-3H3;9-10H,4-8H2,1-3H3;9-10H,3-8H2,1-2H3;9,11H,4-8H2,1-3H3;7-8,10H,3-6H2,1-2H3;8,10H,4-7H2,1-3H3;1H4. The highest BCUT2D eigenvalue weighted by Crippen LogP contribution is 2.22. The van der Waals surface area contributed by atoms with Gasteiger partial charge in [-0.25, -0.2) is 0 Å². The van der Waals surface area contributed by atoms with Crippen molar-refractivity contribution in [2.24, 2.45) is 47.3 Å². The molecule has 0 aliphatic carbocycles. The van der Waals surface area contributed by atoms with Crippen LogP contribution < -0.4 is 5.32 Å². The predicted molar refractivity (Wildman–Crippen MR) is 358 cm³/mol. The molecule has 5 rings (SSSR count). The summed E-state index contributed by atoms with van der Waals surface area (Å²) >= 11 is 0. The third-order valence-electron chi connectivity index (χ3n) is 16.2. The van der Waals surface area contributed by atoms with Crippen molar-refractivity contribution in [1.82, 2.24) is 44.5 Å². The van der Waals surface area contributed by atoms with Crippen LogP contribution in [-0.2, 0) is 0 Å². The van der Waals surface area contributed by atoms with E-state index in [9.17, 15) is 5.11 Å². The average molecular weight is 1160 g/mol. The molecule has 81 heavy (non-hydrogen) atoms. The molecule has 0 bridgehead atoms. The minimum atomic E-state index is -0.395. The van der Waals surface area contributed by atoms with E-state index in [2.05, 4.69) is 162 Å². The van der Waals surface area contributed by atoms with Crippen LogP contribution in [0.15, 0.2) is 0 Å². The summed E-state index contributed by atoms with van der Waals surface area (Å²) in [6.07, 6.45) is 13.6. The first-order chi connectivity index (χ1) is 37.7. The lowest BCUT2D eigenvalue weighted by molar-refractivity contribution is -0.00606. The number of hydrogen-bond donors (Lipinski definition) is 5. The molecular formula is C68H151N9O4. The third-order valence-corrected chi connectivity index (χ3v) is 16.2. The van der Waals surface area contributed by atoms with Crippen LogP contribution in [0.2, 0.25) is 0 Å². The molecule has 5 saturated heterocycles. The summed E-state index contributed by atoms with van der Waals surface area (Å²) in [5.41, 5.74) is -0.395. The third kappa shape index (κ3) is 55.8. The lowest BCUT2D eigenvalue weighted by Gasteiger charge is -2.36. The Morgan fingerprint density at radius 1 is 0.469 bits per heavy atom. The van der Waals surface area contributed by atoms with Crippen LogP contribution in [0.25, 0.3) is 0 Å². The molecule has 5 N–H and O–H groups in total. The molecule has 5 aliphatic rings. The largest absolute Gasteiger partial charge is 0.395 e. The van der Waals surface area contributed by atoms with E-state index in [-0.39, 0.29) is 26.7 Å². The second kappa shape index (κ2) is 53.7. The van der Waals surface area contributed by atoms with Gasteiger partial charge in [-0.15, -0.1) is 0 Å². The van der Waals surface area contributed by atoms with Crippen molar-refractivity contribution in [2.75, 3.05) is 184 Å². The summed E-state index contributed by atoms with van der Waals surface area (Å²) in [7, 11) is 2.04. The van der Waals surface area contributed by atoms with Crippen LogP contribution >= 0.6 is 0 Å². The Kier molecular flexibility index (Phi) is 56.1. The van der Waals surface area contributed by atoms with Gasteiger partial charge in [-0.3, -0.25) is 4.90 Å². The van der Waals surface area contributed by atoms with E-state index >= 15 is 0 Å². The van der Waals surface area contributed by atoms with Gasteiger partial charge in [-0.1, -0.05) is 125 Å². The van der Waals surface area contributed by atoms with Crippen molar-refractivity contribution in [3.63, 3.8) is 0 Å². The molecular weight excluding hydrogens is 1010 g/mol. The van der Waals surface area contributed by atoms with Gasteiger partial charge >= 0.3 is 0 Å². The number of β-amino-alcohol motifs (C(OH)–C–C–N with tert-alkyl or cyclic N) is 1. The minimum absolute atomic E-state index is 0. The first-order valence-electron chi connectivity index (χ1n) is 33.8. The molecule has 0 aromatic carbocycles. The van der Waals surface area contributed by atoms with Gasteiger partial charge in [-0.2, -0.15) is 0 Å². The van der Waals surface area contributed by atoms with E-state index in [1.54, 1.807) is 0 Å². The molecule has 0 aromatic rings. The first kappa shape index (κ1) is 84.7. The Bertz CT molecular complexity index is 1230. The zero-order valence-electron chi connectivity index (χ0n) is 57.4. The lowest BCUT2D eigenvalue weighted by atomic mass is 9.93. The molecule has 0 amide bonds. The highest BCUT2D eigenvalue weighted by molar-refractivity contribution is 4.82. The number of likely N-dealkylation sites (N-methyl/N-ethyl adjacent to an activating group) is 2. The van der Waals surface area contributed by atoms with Crippen molar-refractivity contribution >= 4 is 0 Å². The lowest BCUT2D eigenvalue weighted by Crippen LogP contribution is -2.50. The van der Waals surface area contributed by atoms with E-state index in [1.165, 1.54) is 156 Å². The fourth-order valence-corrected chi connectivity index (χ4v) is 9.68. The topological polar surface area (TPSA) is 119 Å². The zero-order chi connectivity index (χ0) is 60.9. The summed E-state index contributed by atoms with van der Waals surface area (Å²) < 4.78 is 0. The normalized spacial score (nSPS) is 19.5. The summed E-state index contributed by atoms with van der Waals surface area (Å²) in [6.45, 7) is 70.0. The number of piperidine rings is 1. The monoisotopic (exact) mass is 1160 g/mol. The Morgan fingerprint density at radius 2 is 0.840 bits per heavy atom.